The molecule has 1 aromatic carbocycles. The van der Waals surface area contributed by atoms with Crippen LogP contribution in [0, 0.1) is 10.8 Å². The van der Waals surface area contributed by atoms with Gasteiger partial charge in [-0.2, -0.15) is 0 Å². The number of phenols is 2. The van der Waals surface area contributed by atoms with E-state index in [4.69, 9.17) is 0 Å². The molecule has 0 heterocycles. The largest absolute Gasteiger partial charge is 0.504 e. The Hall–Kier alpha value is -2.24. The van der Waals surface area contributed by atoms with E-state index in [0.717, 1.165) is 19.3 Å². The lowest BCUT2D eigenvalue weighted by atomic mass is 9.71. The molecule has 27 heavy (non-hydrogen) atoms. The van der Waals surface area contributed by atoms with Gasteiger partial charge in [0.25, 0.3) is 11.8 Å². The number of nitrogens with one attached hydrogen (secondary N) is 2. The SMILES string of the molecule is CCNC(=O)c1ccc(C(=O)NCC(C)(CC)CC(C)(C)CC)c(O)c1O. The molecule has 6 nitrogen and oxygen atoms in total. The van der Waals surface area contributed by atoms with Crippen LogP contribution in [0.15, 0.2) is 12.1 Å². The second kappa shape index (κ2) is 9.11. The third-order valence-electron chi connectivity index (χ3n) is 5.37. The first-order valence-electron chi connectivity index (χ1n) is 9.61. The first-order chi connectivity index (χ1) is 12.5. The lowest BCUT2D eigenvalue weighted by Crippen LogP contribution is -2.38. The van der Waals surface area contributed by atoms with Gasteiger partial charge in [0.2, 0.25) is 0 Å². The number of hydrogen-bond acceptors (Lipinski definition) is 4. The highest BCUT2D eigenvalue weighted by Gasteiger charge is 2.31. The van der Waals surface area contributed by atoms with Crippen LogP contribution in [-0.4, -0.2) is 35.1 Å². The van der Waals surface area contributed by atoms with Gasteiger partial charge >= 0.3 is 0 Å². The minimum absolute atomic E-state index is 0.0475. The van der Waals surface area contributed by atoms with E-state index in [0.29, 0.717) is 13.1 Å². The second-order valence-corrected chi connectivity index (χ2v) is 8.26. The Morgan fingerprint density at radius 3 is 1.78 bits per heavy atom. The van der Waals surface area contributed by atoms with Gasteiger partial charge < -0.3 is 20.8 Å². The van der Waals surface area contributed by atoms with Crippen LogP contribution in [0.4, 0.5) is 0 Å². The molecule has 0 bridgehead atoms. The van der Waals surface area contributed by atoms with E-state index >= 15 is 0 Å². The molecule has 0 aliphatic heterocycles. The van der Waals surface area contributed by atoms with Gasteiger partial charge in [-0.15, -0.1) is 0 Å². The Kier molecular flexibility index (Phi) is 7.69. The minimum atomic E-state index is -0.584. The molecule has 0 aliphatic rings. The van der Waals surface area contributed by atoms with Gasteiger partial charge in [0.05, 0.1) is 11.1 Å². The maximum atomic E-state index is 12.5. The number of benzene rings is 1. The molecule has 2 amide bonds. The molecule has 0 saturated heterocycles. The van der Waals surface area contributed by atoms with Gasteiger partial charge in [-0.25, -0.2) is 0 Å². The predicted molar refractivity (Wildman–Crippen MR) is 107 cm³/mol. The Morgan fingerprint density at radius 1 is 0.889 bits per heavy atom. The molecular formula is C21H34N2O4. The van der Waals surface area contributed by atoms with Crippen LogP contribution in [-0.2, 0) is 0 Å². The van der Waals surface area contributed by atoms with E-state index in [9.17, 15) is 19.8 Å². The van der Waals surface area contributed by atoms with Crippen molar-refractivity contribution in [2.75, 3.05) is 13.1 Å². The zero-order chi connectivity index (χ0) is 20.8. The molecule has 0 fully saturated rings. The highest BCUT2D eigenvalue weighted by Crippen LogP contribution is 2.38. The zero-order valence-corrected chi connectivity index (χ0v) is 17.4. The third kappa shape index (κ3) is 5.88. The van der Waals surface area contributed by atoms with E-state index in [2.05, 4.69) is 45.3 Å². The smallest absolute Gasteiger partial charge is 0.255 e. The highest BCUT2D eigenvalue weighted by atomic mass is 16.3. The molecule has 0 aromatic heterocycles. The second-order valence-electron chi connectivity index (χ2n) is 8.26. The van der Waals surface area contributed by atoms with Gasteiger partial charge in [-0.3, -0.25) is 9.59 Å². The van der Waals surface area contributed by atoms with Crippen molar-refractivity contribution in [1.29, 1.82) is 0 Å². The number of aromatic hydroxyl groups is 2. The summed E-state index contributed by atoms with van der Waals surface area (Å²) in [6.45, 7) is 13.4. The van der Waals surface area contributed by atoms with Crippen molar-refractivity contribution >= 4 is 11.8 Å². The van der Waals surface area contributed by atoms with Crippen LogP contribution in [0.25, 0.3) is 0 Å². The number of carbonyl (C=O) groups excluding carboxylic acids is 2. The zero-order valence-electron chi connectivity index (χ0n) is 17.4. The molecule has 152 valence electrons. The summed E-state index contributed by atoms with van der Waals surface area (Å²) < 4.78 is 0. The van der Waals surface area contributed by atoms with Crippen molar-refractivity contribution in [2.45, 2.75) is 60.8 Å². The standard InChI is InChI=1S/C21H34N2O4/c1-7-20(4,5)12-21(6,8-2)13-23-19(27)15-11-10-14(16(24)17(15)25)18(26)22-9-3/h10-11,24-25H,7-9,12-13H2,1-6H3,(H,22,26)(H,23,27). The van der Waals surface area contributed by atoms with Crippen LogP contribution in [0.2, 0.25) is 0 Å². The molecule has 0 radical (unpaired) electrons. The van der Waals surface area contributed by atoms with E-state index in [1.165, 1.54) is 12.1 Å². The molecule has 6 heteroatoms. The fraction of sp³-hybridized carbons (Fsp3) is 0.619. The molecule has 1 unspecified atom stereocenters. The maximum absolute atomic E-state index is 12.5. The lowest BCUT2D eigenvalue weighted by molar-refractivity contribution is 0.0899. The Bertz CT molecular complexity index is 685. The van der Waals surface area contributed by atoms with E-state index in [-0.39, 0.29) is 22.0 Å². The molecule has 1 aromatic rings. The average Bonchev–Trinajstić information content (AvgIpc) is 2.61. The molecule has 4 N–H and O–H groups in total. The molecule has 1 rings (SSSR count). The average molecular weight is 379 g/mol. The van der Waals surface area contributed by atoms with Crippen LogP contribution in [0.5, 0.6) is 11.5 Å². The summed E-state index contributed by atoms with van der Waals surface area (Å²) in [6.07, 6.45) is 2.91. The van der Waals surface area contributed by atoms with Crippen molar-refractivity contribution in [3.63, 3.8) is 0 Å². The number of rotatable bonds is 9. The van der Waals surface area contributed by atoms with Crippen molar-refractivity contribution in [3.05, 3.63) is 23.3 Å². The van der Waals surface area contributed by atoms with E-state index < -0.39 is 23.3 Å². The minimum Gasteiger partial charge on any atom is -0.504 e. The third-order valence-corrected chi connectivity index (χ3v) is 5.37. The molecular weight excluding hydrogens is 344 g/mol. The first kappa shape index (κ1) is 22.8. The summed E-state index contributed by atoms with van der Waals surface area (Å²) in [4.78, 5) is 24.4. The summed E-state index contributed by atoms with van der Waals surface area (Å²) in [7, 11) is 0. The lowest BCUT2D eigenvalue weighted by Gasteiger charge is -2.36. The Balaban J connectivity index is 2.94. The van der Waals surface area contributed by atoms with Gasteiger partial charge in [-0.05, 0) is 42.7 Å². The summed E-state index contributed by atoms with van der Waals surface area (Å²) in [5.74, 6) is -2.14. The quantitative estimate of drug-likeness (QED) is 0.491. The van der Waals surface area contributed by atoms with Gasteiger partial charge in [-0.1, -0.05) is 41.0 Å². The van der Waals surface area contributed by atoms with Crippen LogP contribution in [0.1, 0.15) is 81.5 Å². The number of phenolic OH excluding ortho intramolecular Hbond substituents is 2. The fourth-order valence-electron chi connectivity index (χ4n) is 3.18. The topological polar surface area (TPSA) is 98.7 Å². The van der Waals surface area contributed by atoms with Crippen molar-refractivity contribution in [2.24, 2.45) is 10.8 Å². The van der Waals surface area contributed by atoms with Crippen molar-refractivity contribution in [3.8, 4) is 11.5 Å². The molecule has 1 atom stereocenters. The van der Waals surface area contributed by atoms with Crippen molar-refractivity contribution < 1.29 is 19.8 Å². The van der Waals surface area contributed by atoms with Gasteiger partial charge in [0.1, 0.15) is 0 Å². The number of carbonyl (C=O) groups is 2. The van der Waals surface area contributed by atoms with Gasteiger partial charge in [0.15, 0.2) is 11.5 Å². The van der Waals surface area contributed by atoms with E-state index in [1.54, 1.807) is 6.92 Å². The number of hydrogen-bond donors (Lipinski definition) is 4. The van der Waals surface area contributed by atoms with Gasteiger partial charge in [0, 0.05) is 13.1 Å². The van der Waals surface area contributed by atoms with Crippen molar-refractivity contribution in [1.82, 2.24) is 10.6 Å². The Morgan fingerprint density at radius 2 is 1.37 bits per heavy atom. The van der Waals surface area contributed by atoms with E-state index in [1.807, 2.05) is 0 Å². The molecule has 0 aliphatic carbocycles. The summed E-state index contributed by atoms with van der Waals surface area (Å²) in [6, 6.07) is 2.70. The highest BCUT2D eigenvalue weighted by molar-refractivity contribution is 6.02. The van der Waals surface area contributed by atoms with Crippen LogP contribution < -0.4 is 10.6 Å². The fourth-order valence-corrected chi connectivity index (χ4v) is 3.18. The maximum Gasteiger partial charge on any atom is 0.255 e. The summed E-state index contributed by atoms with van der Waals surface area (Å²) in [5.41, 5.74) is -0.0134. The summed E-state index contributed by atoms with van der Waals surface area (Å²) >= 11 is 0. The normalized spacial score (nSPS) is 13.7. The molecule has 0 saturated carbocycles. The number of amides is 2. The molecule has 0 spiro atoms. The predicted octanol–water partition coefficient (Wildman–Crippen LogP) is 3.82. The monoisotopic (exact) mass is 378 g/mol. The Labute approximate surface area is 162 Å². The summed E-state index contributed by atoms with van der Waals surface area (Å²) in [5, 5.41) is 25.7. The van der Waals surface area contributed by atoms with Crippen LogP contribution in [0.3, 0.4) is 0 Å². The first-order valence-corrected chi connectivity index (χ1v) is 9.61. The van der Waals surface area contributed by atoms with Crippen LogP contribution >= 0.6 is 0 Å².